The van der Waals surface area contributed by atoms with E-state index in [1.165, 1.54) is 12.1 Å². The van der Waals surface area contributed by atoms with E-state index < -0.39 is 0 Å². The monoisotopic (exact) mass is 279 g/mol. The Morgan fingerprint density at radius 2 is 2.05 bits per heavy atom. The van der Waals surface area contributed by atoms with Gasteiger partial charge in [0.25, 0.3) is 0 Å². The molecule has 1 saturated heterocycles. The molecule has 1 fully saturated rings. The van der Waals surface area contributed by atoms with Crippen molar-refractivity contribution >= 4 is 11.8 Å². The molecule has 2 aromatic rings. The van der Waals surface area contributed by atoms with E-state index in [4.69, 9.17) is 4.42 Å². The standard InChI is InChI=1S/C13H14FN3OS/c14-11-3-1-10(2-4-11)13-17-16-12(18-13)8-19-7-9-5-15-6-9/h1-4,9,15H,5-8H2. The van der Waals surface area contributed by atoms with Crippen LogP contribution in [0.2, 0.25) is 0 Å². The maximum atomic E-state index is 12.8. The first-order valence-corrected chi connectivity index (χ1v) is 7.33. The van der Waals surface area contributed by atoms with E-state index in [9.17, 15) is 4.39 Å². The van der Waals surface area contributed by atoms with E-state index in [0.29, 0.717) is 11.8 Å². The number of rotatable bonds is 5. The molecule has 0 unspecified atom stereocenters. The van der Waals surface area contributed by atoms with Crippen molar-refractivity contribution in [2.24, 2.45) is 5.92 Å². The molecule has 6 heteroatoms. The first-order valence-electron chi connectivity index (χ1n) is 6.18. The molecule has 0 atom stereocenters. The van der Waals surface area contributed by atoms with Crippen LogP contribution in [0.4, 0.5) is 4.39 Å². The van der Waals surface area contributed by atoms with Crippen molar-refractivity contribution in [2.75, 3.05) is 18.8 Å². The van der Waals surface area contributed by atoms with Crippen LogP contribution >= 0.6 is 11.8 Å². The van der Waals surface area contributed by atoms with Crippen molar-refractivity contribution in [2.45, 2.75) is 5.75 Å². The van der Waals surface area contributed by atoms with Crippen molar-refractivity contribution in [3.8, 4) is 11.5 Å². The highest BCUT2D eigenvalue weighted by molar-refractivity contribution is 7.98. The van der Waals surface area contributed by atoms with Crippen LogP contribution < -0.4 is 5.32 Å². The molecular formula is C13H14FN3OS. The molecular weight excluding hydrogens is 265 g/mol. The Morgan fingerprint density at radius 1 is 1.26 bits per heavy atom. The predicted molar refractivity (Wildman–Crippen MR) is 72.2 cm³/mol. The quantitative estimate of drug-likeness (QED) is 0.910. The smallest absolute Gasteiger partial charge is 0.247 e. The second kappa shape index (κ2) is 5.71. The molecule has 3 rings (SSSR count). The van der Waals surface area contributed by atoms with Gasteiger partial charge in [-0.15, -0.1) is 10.2 Å². The summed E-state index contributed by atoms with van der Waals surface area (Å²) < 4.78 is 18.4. The van der Waals surface area contributed by atoms with Crippen LogP contribution in [0.3, 0.4) is 0 Å². The average Bonchev–Trinajstić information content (AvgIpc) is 2.82. The highest BCUT2D eigenvalue weighted by Crippen LogP contribution is 2.21. The summed E-state index contributed by atoms with van der Waals surface area (Å²) in [6, 6.07) is 6.05. The van der Waals surface area contributed by atoms with Gasteiger partial charge >= 0.3 is 0 Å². The Labute approximate surface area is 114 Å². The van der Waals surface area contributed by atoms with Gasteiger partial charge in [0, 0.05) is 5.56 Å². The SMILES string of the molecule is Fc1ccc(-c2nnc(CSCC3CNC3)o2)cc1. The van der Waals surface area contributed by atoms with Crippen LogP contribution in [-0.4, -0.2) is 29.0 Å². The number of benzene rings is 1. The molecule has 100 valence electrons. The minimum atomic E-state index is -0.270. The summed E-state index contributed by atoms with van der Waals surface area (Å²) >= 11 is 1.81. The third kappa shape index (κ3) is 3.13. The van der Waals surface area contributed by atoms with Crippen LogP contribution in [0.25, 0.3) is 11.5 Å². The van der Waals surface area contributed by atoms with Gasteiger partial charge in [-0.3, -0.25) is 0 Å². The van der Waals surface area contributed by atoms with Gasteiger partial charge < -0.3 is 9.73 Å². The Kier molecular flexibility index (Phi) is 3.79. The molecule has 0 spiro atoms. The lowest BCUT2D eigenvalue weighted by molar-refractivity contribution is 0.385. The first-order chi connectivity index (χ1) is 9.31. The van der Waals surface area contributed by atoms with E-state index in [1.54, 1.807) is 23.9 Å². The number of hydrogen-bond donors (Lipinski definition) is 1. The zero-order valence-corrected chi connectivity index (χ0v) is 11.1. The second-order valence-corrected chi connectivity index (χ2v) is 5.58. The molecule has 1 aliphatic rings. The molecule has 2 heterocycles. The van der Waals surface area contributed by atoms with Gasteiger partial charge in [-0.05, 0) is 49.0 Å². The van der Waals surface area contributed by atoms with E-state index >= 15 is 0 Å². The summed E-state index contributed by atoms with van der Waals surface area (Å²) in [5.41, 5.74) is 0.744. The molecule has 0 radical (unpaired) electrons. The van der Waals surface area contributed by atoms with Crippen LogP contribution in [0.5, 0.6) is 0 Å². The van der Waals surface area contributed by atoms with Gasteiger partial charge in [0.05, 0.1) is 5.75 Å². The van der Waals surface area contributed by atoms with Crippen LogP contribution in [0, 0.1) is 11.7 Å². The highest BCUT2D eigenvalue weighted by atomic mass is 32.2. The fraction of sp³-hybridized carbons (Fsp3) is 0.385. The van der Waals surface area contributed by atoms with Crippen molar-refractivity contribution in [3.05, 3.63) is 36.0 Å². The van der Waals surface area contributed by atoms with Gasteiger partial charge in [0.15, 0.2) is 0 Å². The van der Waals surface area contributed by atoms with E-state index in [1.807, 2.05) is 0 Å². The fourth-order valence-corrected chi connectivity index (χ4v) is 2.78. The summed E-state index contributed by atoms with van der Waals surface area (Å²) in [7, 11) is 0. The molecule has 1 aromatic heterocycles. The molecule has 0 saturated carbocycles. The first kappa shape index (κ1) is 12.6. The maximum absolute atomic E-state index is 12.8. The average molecular weight is 279 g/mol. The Morgan fingerprint density at radius 3 is 2.74 bits per heavy atom. The lowest BCUT2D eigenvalue weighted by Crippen LogP contribution is -2.43. The minimum absolute atomic E-state index is 0.270. The van der Waals surface area contributed by atoms with Crippen LogP contribution in [0.1, 0.15) is 5.89 Å². The number of nitrogens with one attached hydrogen (secondary N) is 1. The number of hydrogen-bond acceptors (Lipinski definition) is 5. The third-order valence-electron chi connectivity index (χ3n) is 3.00. The van der Waals surface area contributed by atoms with Crippen molar-refractivity contribution in [1.82, 2.24) is 15.5 Å². The predicted octanol–water partition coefficient (Wildman–Crippen LogP) is 2.33. The molecule has 1 aliphatic heterocycles. The number of thioether (sulfide) groups is 1. The largest absolute Gasteiger partial charge is 0.420 e. The zero-order valence-electron chi connectivity index (χ0n) is 10.3. The molecule has 1 aromatic carbocycles. The second-order valence-electron chi connectivity index (χ2n) is 4.55. The molecule has 0 aliphatic carbocycles. The zero-order chi connectivity index (χ0) is 13.1. The topological polar surface area (TPSA) is 51.0 Å². The summed E-state index contributed by atoms with van der Waals surface area (Å²) in [5, 5.41) is 11.2. The Hall–Kier alpha value is -1.40. The van der Waals surface area contributed by atoms with Crippen molar-refractivity contribution in [3.63, 3.8) is 0 Å². The summed E-state index contributed by atoms with van der Waals surface area (Å²) in [4.78, 5) is 0. The van der Waals surface area contributed by atoms with E-state index in [0.717, 1.165) is 36.1 Å². The molecule has 19 heavy (non-hydrogen) atoms. The normalized spacial score (nSPS) is 15.4. The van der Waals surface area contributed by atoms with Gasteiger partial charge in [0.2, 0.25) is 11.8 Å². The Balaban J connectivity index is 1.57. The lowest BCUT2D eigenvalue weighted by atomic mass is 10.1. The van der Waals surface area contributed by atoms with Crippen LogP contribution in [-0.2, 0) is 5.75 Å². The minimum Gasteiger partial charge on any atom is -0.420 e. The van der Waals surface area contributed by atoms with Gasteiger partial charge in [0.1, 0.15) is 5.82 Å². The molecule has 1 N–H and O–H groups in total. The van der Waals surface area contributed by atoms with Crippen LogP contribution in [0.15, 0.2) is 28.7 Å². The van der Waals surface area contributed by atoms with E-state index in [2.05, 4.69) is 15.5 Å². The van der Waals surface area contributed by atoms with Gasteiger partial charge in [-0.1, -0.05) is 0 Å². The Bertz CT molecular complexity index is 539. The molecule has 0 amide bonds. The van der Waals surface area contributed by atoms with Crippen molar-refractivity contribution in [1.29, 1.82) is 0 Å². The highest BCUT2D eigenvalue weighted by Gasteiger charge is 2.17. The van der Waals surface area contributed by atoms with E-state index in [-0.39, 0.29) is 5.82 Å². The lowest BCUT2D eigenvalue weighted by Gasteiger charge is -2.26. The number of nitrogens with zero attached hydrogens (tertiary/aromatic N) is 2. The summed E-state index contributed by atoms with van der Waals surface area (Å²) in [6.45, 7) is 2.22. The maximum Gasteiger partial charge on any atom is 0.247 e. The number of aromatic nitrogens is 2. The summed E-state index contributed by atoms with van der Waals surface area (Å²) in [5.74, 6) is 3.40. The fourth-order valence-electron chi connectivity index (χ4n) is 1.80. The van der Waals surface area contributed by atoms with Gasteiger partial charge in [-0.25, -0.2) is 4.39 Å². The molecule has 4 nitrogen and oxygen atoms in total. The van der Waals surface area contributed by atoms with Crippen molar-refractivity contribution < 1.29 is 8.81 Å². The summed E-state index contributed by atoms with van der Waals surface area (Å²) in [6.07, 6.45) is 0. The van der Waals surface area contributed by atoms with Gasteiger partial charge in [-0.2, -0.15) is 11.8 Å². The number of halogens is 1. The third-order valence-corrected chi connectivity index (χ3v) is 4.16. The molecule has 0 bridgehead atoms.